The van der Waals surface area contributed by atoms with E-state index in [0.29, 0.717) is 0 Å². The van der Waals surface area contributed by atoms with Gasteiger partial charge in [0.1, 0.15) is 28.7 Å². The Morgan fingerprint density at radius 1 is 0.417 bits per heavy atom. The molecule has 0 aliphatic rings. The van der Waals surface area contributed by atoms with E-state index in [2.05, 4.69) is 269 Å². The molecule has 0 unspecified atom stereocenters. The van der Waals surface area contributed by atoms with E-state index in [4.69, 9.17) is 9.72 Å². The zero-order chi connectivity index (χ0) is 49.7. The van der Waals surface area contributed by atoms with Gasteiger partial charge in [0.15, 0.2) is 11.0 Å². The number of hydrogen-bond acceptors (Lipinski definition) is 2. The van der Waals surface area contributed by atoms with Gasteiger partial charge in [-0.25, -0.2) is 4.98 Å². The minimum absolute atomic E-state index is 0.0381. The molecule has 0 N–H and O–H groups in total. The molecule has 12 aromatic rings. The Kier molecular flexibility index (Phi) is 10.4. The van der Waals surface area contributed by atoms with Crippen molar-refractivity contribution in [2.24, 2.45) is 0 Å². The largest absolute Gasteiger partial charge is 0.457 e. The lowest BCUT2D eigenvalue weighted by atomic mass is 9.80. The molecule has 0 fully saturated rings. The summed E-state index contributed by atoms with van der Waals surface area (Å²) in [6.45, 7) is 20.6. The number of hydrogen-bond donors (Lipinski definition) is 0. The number of pyridine rings is 1. The highest BCUT2D eigenvalue weighted by atomic mass is 16.5. The number of para-hydroxylation sites is 3. The zero-order valence-corrected chi connectivity index (χ0v) is 42.7. The lowest BCUT2D eigenvalue weighted by Gasteiger charge is -2.25. The van der Waals surface area contributed by atoms with Crippen molar-refractivity contribution < 1.29 is 9.30 Å². The maximum absolute atomic E-state index is 6.94. The van der Waals surface area contributed by atoms with Gasteiger partial charge in [0.05, 0.1) is 22.1 Å². The van der Waals surface area contributed by atoms with Gasteiger partial charge in [-0.15, -0.1) is 0 Å². The summed E-state index contributed by atoms with van der Waals surface area (Å²) in [4.78, 5) is 5.03. The van der Waals surface area contributed by atoms with Crippen LogP contribution in [0.25, 0.3) is 88.7 Å². The van der Waals surface area contributed by atoms with E-state index < -0.39 is 0 Å². The van der Waals surface area contributed by atoms with E-state index in [1.165, 1.54) is 49.6 Å². The highest BCUT2D eigenvalue weighted by Crippen LogP contribution is 2.40. The summed E-state index contributed by atoms with van der Waals surface area (Å²) in [6.07, 6.45) is 4.19. The van der Waals surface area contributed by atoms with Crippen molar-refractivity contribution in [1.29, 1.82) is 0 Å². The number of benzene rings is 8. The van der Waals surface area contributed by atoms with Crippen LogP contribution in [-0.2, 0) is 16.2 Å². The predicted octanol–water partition coefficient (Wildman–Crippen LogP) is 16.8. The summed E-state index contributed by atoms with van der Waals surface area (Å²) in [7, 11) is 0. The van der Waals surface area contributed by atoms with E-state index in [9.17, 15) is 0 Å². The van der Waals surface area contributed by atoms with Gasteiger partial charge < -0.3 is 9.30 Å². The predicted molar refractivity (Wildman–Crippen MR) is 299 cm³/mol. The molecule has 0 aliphatic carbocycles. The summed E-state index contributed by atoms with van der Waals surface area (Å²) in [5, 5.41) is 4.75. The molecule has 0 atom stereocenters. The van der Waals surface area contributed by atoms with Crippen LogP contribution in [0.1, 0.15) is 79.0 Å². The van der Waals surface area contributed by atoms with Crippen molar-refractivity contribution in [3.05, 3.63) is 217 Å². The van der Waals surface area contributed by atoms with Crippen LogP contribution in [0.15, 0.2) is 201 Å². The van der Waals surface area contributed by atoms with Gasteiger partial charge in [0.2, 0.25) is 0 Å². The molecule has 354 valence electrons. The highest BCUT2D eigenvalue weighted by molar-refractivity contribution is 6.12. The second-order valence-corrected chi connectivity index (χ2v) is 22.5. The fourth-order valence-electron chi connectivity index (χ4n) is 10.6. The molecule has 0 aliphatic heterocycles. The van der Waals surface area contributed by atoms with Crippen LogP contribution in [0.5, 0.6) is 11.5 Å². The second-order valence-electron chi connectivity index (χ2n) is 22.5. The fourth-order valence-corrected chi connectivity index (χ4v) is 10.6. The van der Waals surface area contributed by atoms with Gasteiger partial charge in [-0.1, -0.05) is 147 Å². The van der Waals surface area contributed by atoms with E-state index in [-0.39, 0.29) is 16.2 Å². The molecule has 0 amide bonds. The lowest BCUT2D eigenvalue weighted by molar-refractivity contribution is -0.567. The average Bonchev–Trinajstić information content (AvgIpc) is 4.04. The van der Waals surface area contributed by atoms with Gasteiger partial charge in [-0.05, 0) is 129 Å². The van der Waals surface area contributed by atoms with Crippen molar-refractivity contribution in [1.82, 2.24) is 18.7 Å². The molecule has 0 radical (unpaired) electrons. The SMILES string of the molecule is CC(C)(C)c1cc(-[n+]2cn(-c3cccc(Oc4ccc5c6cc(-n7c8ccccc8c8ccccc87)ccc6n(-c6cc(C(C)(C)C)ccn6)c5c4)c3)c3cccc(-c4ccccc4)c32)cc(C(C)(C)C)c1. The van der Waals surface area contributed by atoms with Gasteiger partial charge in [0, 0.05) is 51.1 Å². The topological polar surface area (TPSA) is 40.8 Å². The maximum Gasteiger partial charge on any atom is 0.255 e. The van der Waals surface area contributed by atoms with Gasteiger partial charge in [0.25, 0.3) is 6.33 Å². The zero-order valence-electron chi connectivity index (χ0n) is 42.7. The molecule has 0 saturated heterocycles. The Morgan fingerprint density at radius 2 is 1.03 bits per heavy atom. The average molecular weight is 939 g/mol. The van der Waals surface area contributed by atoms with E-state index in [0.717, 1.165) is 67.2 Å². The van der Waals surface area contributed by atoms with Crippen LogP contribution in [0.3, 0.4) is 0 Å². The minimum atomic E-state index is -0.0568. The summed E-state index contributed by atoms with van der Waals surface area (Å²) < 4.78 is 16.3. The molecular weight excluding hydrogens is 879 g/mol. The smallest absolute Gasteiger partial charge is 0.255 e. The van der Waals surface area contributed by atoms with Crippen molar-refractivity contribution in [2.45, 2.75) is 78.6 Å². The Hall–Kier alpha value is -8.22. The first-order valence-electron chi connectivity index (χ1n) is 25.2. The Balaban J connectivity index is 1.00. The number of aromatic nitrogens is 5. The third-order valence-corrected chi connectivity index (χ3v) is 14.5. The standard InChI is InChI=1S/C66H60N5O/c1-64(2,3)44-33-34-67-62(38-44)71-59-32-29-48(70-57-26-15-13-23-53(57)54-24-14-16-27-58(54)70)40-56(59)55-31-30-51(41-61(55)71)72-50-22-17-21-47(39-50)68-42-69(49-36-45(65(4,5)6)35-46(37-49)66(7,8)9)63-52(25-18-28-60(63)68)43-19-11-10-12-20-43/h10-42H,1-9H3/q+1. The first-order chi connectivity index (χ1) is 34.6. The Morgan fingerprint density at radius 3 is 1.72 bits per heavy atom. The van der Waals surface area contributed by atoms with E-state index >= 15 is 0 Å². The summed E-state index contributed by atoms with van der Waals surface area (Å²) in [5.41, 5.74) is 16.0. The number of imidazole rings is 1. The molecule has 0 saturated carbocycles. The molecule has 0 bridgehead atoms. The van der Waals surface area contributed by atoms with Crippen molar-refractivity contribution in [3.63, 3.8) is 0 Å². The Bertz CT molecular complexity index is 3990. The van der Waals surface area contributed by atoms with Crippen LogP contribution < -0.4 is 9.30 Å². The number of rotatable bonds is 7. The van der Waals surface area contributed by atoms with Gasteiger partial charge >= 0.3 is 0 Å². The molecule has 4 aromatic heterocycles. The third-order valence-electron chi connectivity index (χ3n) is 14.5. The van der Waals surface area contributed by atoms with Crippen LogP contribution in [-0.4, -0.2) is 18.7 Å². The normalized spacial score (nSPS) is 12.5. The molecule has 12 rings (SSSR count). The van der Waals surface area contributed by atoms with E-state index in [1.54, 1.807) is 0 Å². The quantitative estimate of drug-likeness (QED) is 0.149. The highest BCUT2D eigenvalue weighted by Gasteiger charge is 2.28. The molecule has 8 aromatic carbocycles. The third kappa shape index (κ3) is 7.73. The van der Waals surface area contributed by atoms with Crippen molar-refractivity contribution >= 4 is 54.6 Å². The minimum Gasteiger partial charge on any atom is -0.457 e. The lowest BCUT2D eigenvalue weighted by Crippen LogP contribution is -2.31. The summed E-state index contributed by atoms with van der Waals surface area (Å²) in [5.74, 6) is 2.36. The van der Waals surface area contributed by atoms with E-state index in [1.807, 2.05) is 12.3 Å². The first-order valence-corrected chi connectivity index (χ1v) is 25.2. The van der Waals surface area contributed by atoms with Crippen LogP contribution in [0.4, 0.5) is 0 Å². The summed E-state index contributed by atoms with van der Waals surface area (Å²) in [6, 6.07) is 68.0. The maximum atomic E-state index is 6.94. The summed E-state index contributed by atoms with van der Waals surface area (Å²) >= 11 is 0. The van der Waals surface area contributed by atoms with Crippen molar-refractivity contribution in [3.8, 4) is 45.5 Å². The first kappa shape index (κ1) is 45.0. The Labute approximate surface area is 422 Å². The molecule has 6 nitrogen and oxygen atoms in total. The van der Waals surface area contributed by atoms with Crippen LogP contribution in [0.2, 0.25) is 0 Å². The van der Waals surface area contributed by atoms with Gasteiger partial charge in [-0.3, -0.25) is 4.57 Å². The number of fused-ring (bicyclic) bond motifs is 7. The number of ether oxygens (including phenoxy) is 1. The molecule has 4 heterocycles. The second kappa shape index (κ2) is 16.7. The number of nitrogens with zero attached hydrogens (tertiary/aromatic N) is 5. The van der Waals surface area contributed by atoms with Crippen LogP contribution in [0, 0.1) is 0 Å². The molecule has 72 heavy (non-hydrogen) atoms. The molecular formula is C66H60N5O+. The molecule has 0 spiro atoms. The van der Waals surface area contributed by atoms with Crippen LogP contribution >= 0.6 is 0 Å². The van der Waals surface area contributed by atoms with Gasteiger partial charge in [-0.2, -0.15) is 9.13 Å². The van der Waals surface area contributed by atoms with Crippen molar-refractivity contribution in [2.75, 3.05) is 0 Å². The fraction of sp³-hybridized carbons (Fsp3) is 0.182. The monoisotopic (exact) mass is 938 g/mol. The molecule has 6 heteroatoms.